The fourth-order valence-corrected chi connectivity index (χ4v) is 2.18. The van der Waals surface area contributed by atoms with Gasteiger partial charge in [-0.3, -0.25) is 0 Å². The Bertz CT molecular complexity index is 439. The van der Waals surface area contributed by atoms with Crippen molar-refractivity contribution in [2.45, 2.75) is 32.0 Å². The number of ether oxygens (including phenoxy) is 2. The molecule has 1 saturated heterocycles. The topological polar surface area (TPSA) is 76.7 Å². The molecule has 2 unspecified atom stereocenters. The van der Waals surface area contributed by atoms with Crippen LogP contribution in [0.25, 0.3) is 0 Å². The van der Waals surface area contributed by atoms with E-state index in [0.29, 0.717) is 37.6 Å². The highest BCUT2D eigenvalue weighted by Crippen LogP contribution is 2.28. The van der Waals surface area contributed by atoms with E-state index in [2.05, 4.69) is 5.32 Å². The quantitative estimate of drug-likeness (QED) is 0.706. The van der Waals surface area contributed by atoms with Crippen molar-refractivity contribution >= 4 is 11.4 Å². The zero-order chi connectivity index (χ0) is 13.9. The first-order chi connectivity index (χ1) is 9.05. The standard InChI is InChI=1S/C14H22N2O3/c1-3-18-13-8-11(4-5-12(13)15)16-9-14(17)6-7-19-10(14)2/h4-5,8,10,16-17H,3,6-7,9,15H2,1-2H3. The summed E-state index contributed by atoms with van der Waals surface area (Å²) in [6.45, 7) is 5.43. The monoisotopic (exact) mass is 266 g/mol. The lowest BCUT2D eigenvalue weighted by Crippen LogP contribution is -2.43. The van der Waals surface area contributed by atoms with E-state index >= 15 is 0 Å². The summed E-state index contributed by atoms with van der Waals surface area (Å²) < 4.78 is 10.8. The number of hydrogen-bond acceptors (Lipinski definition) is 5. The third-order valence-electron chi connectivity index (χ3n) is 3.57. The van der Waals surface area contributed by atoms with Crippen LogP contribution in [0.1, 0.15) is 20.3 Å². The summed E-state index contributed by atoms with van der Waals surface area (Å²) in [6.07, 6.45) is 0.495. The van der Waals surface area contributed by atoms with Gasteiger partial charge in [0.2, 0.25) is 0 Å². The Labute approximate surface area is 113 Å². The van der Waals surface area contributed by atoms with Gasteiger partial charge in [-0.15, -0.1) is 0 Å². The second kappa shape index (κ2) is 5.67. The van der Waals surface area contributed by atoms with Crippen LogP contribution >= 0.6 is 0 Å². The molecule has 1 aromatic rings. The molecule has 0 spiro atoms. The van der Waals surface area contributed by atoms with Crippen molar-refractivity contribution < 1.29 is 14.6 Å². The van der Waals surface area contributed by atoms with E-state index in [-0.39, 0.29) is 6.10 Å². The number of rotatable bonds is 5. The van der Waals surface area contributed by atoms with Gasteiger partial charge in [-0.1, -0.05) is 0 Å². The van der Waals surface area contributed by atoms with Crippen LogP contribution in [-0.4, -0.2) is 36.6 Å². The molecule has 2 atom stereocenters. The summed E-state index contributed by atoms with van der Waals surface area (Å²) in [7, 11) is 0. The maximum atomic E-state index is 10.4. The second-order valence-electron chi connectivity index (χ2n) is 4.91. The Morgan fingerprint density at radius 1 is 1.58 bits per heavy atom. The van der Waals surface area contributed by atoms with Crippen molar-refractivity contribution in [2.75, 3.05) is 30.8 Å². The van der Waals surface area contributed by atoms with Crippen LogP contribution in [0, 0.1) is 0 Å². The van der Waals surface area contributed by atoms with Crippen LogP contribution in [-0.2, 0) is 4.74 Å². The molecule has 2 rings (SSSR count). The van der Waals surface area contributed by atoms with Gasteiger partial charge in [0.25, 0.3) is 0 Å². The number of hydrogen-bond donors (Lipinski definition) is 3. The molecule has 4 N–H and O–H groups in total. The van der Waals surface area contributed by atoms with Gasteiger partial charge in [-0.2, -0.15) is 0 Å². The molecular weight excluding hydrogens is 244 g/mol. The van der Waals surface area contributed by atoms with Crippen molar-refractivity contribution in [3.05, 3.63) is 18.2 Å². The van der Waals surface area contributed by atoms with E-state index < -0.39 is 5.60 Å². The molecule has 1 fully saturated rings. The van der Waals surface area contributed by atoms with Crippen LogP contribution in [0.3, 0.4) is 0 Å². The van der Waals surface area contributed by atoms with Crippen molar-refractivity contribution in [2.24, 2.45) is 0 Å². The Balaban J connectivity index is 2.01. The minimum absolute atomic E-state index is 0.153. The molecule has 0 bridgehead atoms. The zero-order valence-electron chi connectivity index (χ0n) is 11.5. The van der Waals surface area contributed by atoms with Crippen LogP contribution < -0.4 is 15.8 Å². The van der Waals surface area contributed by atoms with Gasteiger partial charge >= 0.3 is 0 Å². The van der Waals surface area contributed by atoms with E-state index in [1.165, 1.54) is 0 Å². The second-order valence-corrected chi connectivity index (χ2v) is 4.91. The third kappa shape index (κ3) is 3.11. The molecule has 1 aromatic carbocycles. The lowest BCUT2D eigenvalue weighted by molar-refractivity contribution is -0.0175. The first-order valence-corrected chi connectivity index (χ1v) is 6.65. The molecule has 0 radical (unpaired) electrons. The first kappa shape index (κ1) is 14.0. The smallest absolute Gasteiger partial charge is 0.144 e. The number of nitrogens with two attached hydrogens (primary N) is 1. The van der Waals surface area contributed by atoms with Gasteiger partial charge in [0.15, 0.2) is 0 Å². The molecule has 1 aliphatic rings. The van der Waals surface area contributed by atoms with Crippen LogP contribution in [0.5, 0.6) is 5.75 Å². The van der Waals surface area contributed by atoms with Gasteiger partial charge < -0.3 is 25.6 Å². The summed E-state index contributed by atoms with van der Waals surface area (Å²) in [5, 5.41) is 13.6. The average molecular weight is 266 g/mol. The molecular formula is C14H22N2O3. The third-order valence-corrected chi connectivity index (χ3v) is 3.57. The molecule has 0 aromatic heterocycles. The maximum Gasteiger partial charge on any atom is 0.144 e. The summed E-state index contributed by atoms with van der Waals surface area (Å²) in [5.41, 5.74) is 6.50. The molecule has 0 saturated carbocycles. The van der Waals surface area contributed by atoms with E-state index in [0.717, 1.165) is 5.69 Å². The number of anilines is 2. The lowest BCUT2D eigenvalue weighted by atomic mass is 9.96. The van der Waals surface area contributed by atoms with Gasteiger partial charge in [-0.05, 0) is 26.0 Å². The zero-order valence-corrected chi connectivity index (χ0v) is 11.5. The van der Waals surface area contributed by atoms with Gasteiger partial charge in [0.1, 0.15) is 11.4 Å². The van der Waals surface area contributed by atoms with Gasteiger partial charge in [0, 0.05) is 31.3 Å². The maximum absolute atomic E-state index is 10.4. The van der Waals surface area contributed by atoms with Crippen LogP contribution in [0.15, 0.2) is 18.2 Å². The van der Waals surface area contributed by atoms with Crippen molar-refractivity contribution in [3.8, 4) is 5.75 Å². The predicted octanol–water partition coefficient (Wildman–Crippen LogP) is 1.62. The molecule has 5 heteroatoms. The Morgan fingerprint density at radius 3 is 3.00 bits per heavy atom. The molecule has 106 valence electrons. The lowest BCUT2D eigenvalue weighted by Gasteiger charge is -2.26. The Hall–Kier alpha value is -1.46. The van der Waals surface area contributed by atoms with E-state index in [1.54, 1.807) is 6.07 Å². The molecule has 1 heterocycles. The van der Waals surface area contributed by atoms with E-state index in [4.69, 9.17) is 15.2 Å². The van der Waals surface area contributed by atoms with Crippen LogP contribution in [0.4, 0.5) is 11.4 Å². The molecule has 0 aliphatic carbocycles. The molecule has 1 aliphatic heterocycles. The minimum Gasteiger partial charge on any atom is -0.492 e. The Morgan fingerprint density at radius 2 is 2.37 bits per heavy atom. The SMILES string of the molecule is CCOc1cc(NCC2(O)CCOC2C)ccc1N. The minimum atomic E-state index is -0.812. The number of nitrogen functional groups attached to an aromatic ring is 1. The summed E-state index contributed by atoms with van der Waals surface area (Å²) in [6, 6.07) is 5.52. The van der Waals surface area contributed by atoms with Gasteiger partial charge in [-0.25, -0.2) is 0 Å². The van der Waals surface area contributed by atoms with Gasteiger partial charge in [0.05, 0.1) is 18.4 Å². The van der Waals surface area contributed by atoms with E-state index in [1.807, 2.05) is 26.0 Å². The summed E-state index contributed by atoms with van der Waals surface area (Å²) >= 11 is 0. The largest absolute Gasteiger partial charge is 0.492 e. The summed E-state index contributed by atoms with van der Waals surface area (Å²) in [5.74, 6) is 0.662. The predicted molar refractivity (Wildman–Crippen MR) is 75.5 cm³/mol. The van der Waals surface area contributed by atoms with Crippen molar-refractivity contribution in [1.82, 2.24) is 0 Å². The highest BCUT2D eigenvalue weighted by molar-refractivity contribution is 5.61. The van der Waals surface area contributed by atoms with Crippen molar-refractivity contribution in [1.29, 1.82) is 0 Å². The first-order valence-electron chi connectivity index (χ1n) is 6.65. The van der Waals surface area contributed by atoms with E-state index in [9.17, 15) is 5.11 Å². The van der Waals surface area contributed by atoms with Crippen LogP contribution in [0.2, 0.25) is 0 Å². The molecule has 19 heavy (non-hydrogen) atoms. The average Bonchev–Trinajstić information content (AvgIpc) is 2.71. The molecule has 0 amide bonds. The fourth-order valence-electron chi connectivity index (χ4n) is 2.18. The Kier molecular flexibility index (Phi) is 4.17. The number of nitrogens with one attached hydrogen (secondary N) is 1. The highest BCUT2D eigenvalue weighted by atomic mass is 16.5. The highest BCUT2D eigenvalue weighted by Gasteiger charge is 2.39. The number of benzene rings is 1. The summed E-state index contributed by atoms with van der Waals surface area (Å²) in [4.78, 5) is 0. The normalized spacial score (nSPS) is 26.4. The number of aliphatic hydroxyl groups is 1. The molecule has 5 nitrogen and oxygen atoms in total. The fraction of sp³-hybridized carbons (Fsp3) is 0.571. The van der Waals surface area contributed by atoms with Crippen molar-refractivity contribution in [3.63, 3.8) is 0 Å².